The van der Waals surface area contributed by atoms with E-state index in [-0.39, 0.29) is 0 Å². The fraction of sp³-hybridized carbons (Fsp3) is 1.00. The molecule has 0 rings (SSSR count). The molecule has 0 aliphatic carbocycles. The summed E-state index contributed by atoms with van der Waals surface area (Å²) in [6, 6.07) is 0. The maximum atomic E-state index is 5.26. The molecule has 0 aliphatic rings. The summed E-state index contributed by atoms with van der Waals surface area (Å²) in [6.07, 6.45) is 4.55. The lowest BCUT2D eigenvalue weighted by molar-refractivity contribution is -0.0549. The van der Waals surface area contributed by atoms with E-state index >= 15 is 0 Å². The van der Waals surface area contributed by atoms with Gasteiger partial charge in [-0.05, 0) is 25.7 Å². The Morgan fingerprint density at radius 2 is 1.15 bits per heavy atom. The Hall–Kier alpha value is 0.880. The highest BCUT2D eigenvalue weighted by molar-refractivity contribution is 9.09. The summed E-state index contributed by atoms with van der Waals surface area (Å²) in [5.74, 6) is 0. The minimum atomic E-state index is 0.449. The second-order valence-electron chi connectivity index (χ2n) is 2.73. The van der Waals surface area contributed by atoms with Crippen LogP contribution in [0.5, 0.6) is 0 Å². The van der Waals surface area contributed by atoms with Crippen molar-refractivity contribution in [3.05, 3.63) is 0 Å². The Labute approximate surface area is 97.6 Å². The van der Waals surface area contributed by atoms with Crippen LogP contribution < -0.4 is 0 Å². The minimum Gasteiger partial charge on any atom is -0.355 e. The number of hydrogen-bond acceptors (Lipinski definition) is 2. The predicted molar refractivity (Wildman–Crippen MR) is 62.8 cm³/mol. The van der Waals surface area contributed by atoms with Crippen LogP contribution in [-0.4, -0.2) is 30.7 Å². The maximum absolute atomic E-state index is 5.26. The quantitative estimate of drug-likeness (QED) is 0.349. The fourth-order valence-electron chi connectivity index (χ4n) is 0.774. The number of alkyl halides is 2. The number of rotatable bonds is 10. The molecule has 0 radical (unpaired) electrons. The summed E-state index contributed by atoms with van der Waals surface area (Å²) in [6.45, 7) is 2.07. The molecule has 0 saturated heterocycles. The molecule has 0 heterocycles. The van der Waals surface area contributed by atoms with Crippen LogP contribution in [0.1, 0.15) is 25.7 Å². The van der Waals surface area contributed by atoms with Crippen molar-refractivity contribution in [3.63, 3.8) is 0 Å². The summed E-state index contributed by atoms with van der Waals surface area (Å²) in [4.78, 5) is 0. The van der Waals surface area contributed by atoms with E-state index in [1.165, 1.54) is 12.8 Å². The zero-order valence-corrected chi connectivity index (χ0v) is 11.1. The molecule has 0 amide bonds. The molecular formula is C9H18Br2O2. The van der Waals surface area contributed by atoms with Gasteiger partial charge < -0.3 is 9.47 Å². The standard InChI is InChI=1S/C9H18Br2O2/c10-5-1-3-7-12-9-13-8-4-2-6-11/h1-9H2. The summed E-state index contributed by atoms with van der Waals surface area (Å²) in [7, 11) is 0. The van der Waals surface area contributed by atoms with E-state index in [1.54, 1.807) is 0 Å². The van der Waals surface area contributed by atoms with Crippen molar-refractivity contribution in [1.29, 1.82) is 0 Å². The molecular weight excluding hydrogens is 300 g/mol. The van der Waals surface area contributed by atoms with Gasteiger partial charge in [-0.3, -0.25) is 0 Å². The third-order valence-electron chi connectivity index (χ3n) is 1.51. The van der Waals surface area contributed by atoms with Crippen molar-refractivity contribution in [2.24, 2.45) is 0 Å². The normalized spacial score (nSPS) is 10.6. The zero-order valence-electron chi connectivity index (χ0n) is 7.94. The van der Waals surface area contributed by atoms with Gasteiger partial charge in [-0.1, -0.05) is 31.9 Å². The lowest BCUT2D eigenvalue weighted by atomic mass is 10.4. The van der Waals surface area contributed by atoms with Gasteiger partial charge in [0.2, 0.25) is 0 Å². The molecule has 0 unspecified atom stereocenters. The first-order chi connectivity index (χ1) is 6.41. The van der Waals surface area contributed by atoms with Crippen molar-refractivity contribution in [1.82, 2.24) is 0 Å². The van der Waals surface area contributed by atoms with Crippen LogP contribution >= 0.6 is 31.9 Å². The van der Waals surface area contributed by atoms with Crippen LogP contribution in [0, 0.1) is 0 Å². The van der Waals surface area contributed by atoms with E-state index in [0.717, 1.165) is 36.7 Å². The van der Waals surface area contributed by atoms with Gasteiger partial charge in [0.1, 0.15) is 6.79 Å². The molecule has 0 aliphatic heterocycles. The first-order valence-corrected chi connectivity index (χ1v) is 6.93. The molecule has 0 spiro atoms. The first-order valence-electron chi connectivity index (χ1n) is 4.69. The van der Waals surface area contributed by atoms with Gasteiger partial charge in [0, 0.05) is 23.9 Å². The van der Waals surface area contributed by atoms with E-state index in [9.17, 15) is 0 Å². The van der Waals surface area contributed by atoms with E-state index in [2.05, 4.69) is 31.9 Å². The monoisotopic (exact) mass is 316 g/mol. The number of halogens is 2. The number of unbranched alkanes of at least 4 members (excludes halogenated alkanes) is 2. The molecule has 0 atom stereocenters. The zero-order chi connectivity index (χ0) is 9.78. The van der Waals surface area contributed by atoms with Gasteiger partial charge in [0.25, 0.3) is 0 Å². The molecule has 0 N–H and O–H groups in total. The van der Waals surface area contributed by atoms with E-state index in [4.69, 9.17) is 9.47 Å². The second-order valence-corrected chi connectivity index (χ2v) is 4.31. The van der Waals surface area contributed by atoms with Crippen LogP contribution in [0.4, 0.5) is 0 Å². The maximum Gasteiger partial charge on any atom is 0.146 e. The highest BCUT2D eigenvalue weighted by atomic mass is 79.9. The smallest absolute Gasteiger partial charge is 0.146 e. The highest BCUT2D eigenvalue weighted by Crippen LogP contribution is 1.96. The van der Waals surface area contributed by atoms with Crippen LogP contribution in [-0.2, 0) is 9.47 Å². The Morgan fingerprint density at radius 3 is 1.54 bits per heavy atom. The number of ether oxygens (including phenoxy) is 2. The van der Waals surface area contributed by atoms with Gasteiger partial charge in [-0.25, -0.2) is 0 Å². The van der Waals surface area contributed by atoms with Crippen LogP contribution in [0.3, 0.4) is 0 Å². The summed E-state index contributed by atoms with van der Waals surface area (Å²) < 4.78 is 10.5. The Balaban J connectivity index is 2.76. The molecule has 0 aromatic rings. The van der Waals surface area contributed by atoms with Gasteiger partial charge in [-0.15, -0.1) is 0 Å². The molecule has 0 saturated carbocycles. The summed E-state index contributed by atoms with van der Waals surface area (Å²) in [5, 5.41) is 2.12. The Bertz CT molecular complexity index is 81.7. The van der Waals surface area contributed by atoms with Crippen molar-refractivity contribution < 1.29 is 9.47 Å². The molecule has 0 bridgehead atoms. The topological polar surface area (TPSA) is 18.5 Å². The summed E-state index contributed by atoms with van der Waals surface area (Å²) in [5.41, 5.74) is 0. The molecule has 0 aromatic heterocycles. The molecule has 4 heteroatoms. The third-order valence-corrected chi connectivity index (χ3v) is 2.63. The minimum absolute atomic E-state index is 0.449. The van der Waals surface area contributed by atoms with Gasteiger partial charge in [0.15, 0.2) is 0 Å². The van der Waals surface area contributed by atoms with Gasteiger partial charge in [0.05, 0.1) is 0 Å². The van der Waals surface area contributed by atoms with Crippen LogP contribution in [0.15, 0.2) is 0 Å². The van der Waals surface area contributed by atoms with E-state index in [1.807, 2.05) is 0 Å². The molecule has 80 valence electrons. The summed E-state index contributed by atoms with van der Waals surface area (Å²) >= 11 is 6.74. The van der Waals surface area contributed by atoms with Crippen LogP contribution in [0.2, 0.25) is 0 Å². The van der Waals surface area contributed by atoms with Crippen molar-refractivity contribution in [3.8, 4) is 0 Å². The highest BCUT2D eigenvalue weighted by Gasteiger charge is 1.90. The molecule has 0 fully saturated rings. The largest absolute Gasteiger partial charge is 0.355 e. The van der Waals surface area contributed by atoms with E-state index < -0.39 is 0 Å². The number of hydrogen-bond donors (Lipinski definition) is 0. The predicted octanol–water partition coefficient (Wildman–Crippen LogP) is 3.33. The SMILES string of the molecule is BrCCCCOCOCCCCBr. The average Bonchev–Trinajstić information content (AvgIpc) is 2.16. The van der Waals surface area contributed by atoms with Crippen molar-refractivity contribution in [2.45, 2.75) is 25.7 Å². The van der Waals surface area contributed by atoms with Crippen molar-refractivity contribution >= 4 is 31.9 Å². The Kier molecular flexibility index (Phi) is 13.8. The molecule has 0 aromatic carbocycles. The molecule has 2 nitrogen and oxygen atoms in total. The van der Waals surface area contributed by atoms with Gasteiger partial charge in [-0.2, -0.15) is 0 Å². The van der Waals surface area contributed by atoms with E-state index in [0.29, 0.717) is 6.79 Å². The molecule has 13 heavy (non-hydrogen) atoms. The lowest BCUT2D eigenvalue weighted by Gasteiger charge is -2.04. The van der Waals surface area contributed by atoms with Gasteiger partial charge >= 0.3 is 0 Å². The Morgan fingerprint density at radius 1 is 0.692 bits per heavy atom. The van der Waals surface area contributed by atoms with Crippen LogP contribution in [0.25, 0.3) is 0 Å². The average molecular weight is 318 g/mol. The first kappa shape index (κ1) is 13.9. The fourth-order valence-corrected chi connectivity index (χ4v) is 1.57. The van der Waals surface area contributed by atoms with Crippen molar-refractivity contribution in [2.75, 3.05) is 30.7 Å². The second kappa shape index (κ2) is 12.9. The third kappa shape index (κ3) is 12.9. The lowest BCUT2D eigenvalue weighted by Crippen LogP contribution is -2.03.